The number of hydrogen-bond donors (Lipinski definition) is 0. The summed E-state index contributed by atoms with van der Waals surface area (Å²) in [4.78, 5) is 19.5. The Morgan fingerprint density at radius 2 is 1.77 bits per heavy atom. The van der Waals surface area contributed by atoms with Gasteiger partial charge in [-0.25, -0.2) is 0 Å². The van der Waals surface area contributed by atoms with Crippen LogP contribution in [0.15, 0.2) is 42.5 Å². The van der Waals surface area contributed by atoms with Crippen molar-refractivity contribution in [2.24, 2.45) is 0 Å². The summed E-state index contributed by atoms with van der Waals surface area (Å²) in [5.74, 6) is 0.200. The summed E-state index contributed by atoms with van der Waals surface area (Å²) in [7, 11) is 0. The van der Waals surface area contributed by atoms with E-state index in [-0.39, 0.29) is 18.3 Å². The third kappa shape index (κ3) is 4.12. The maximum atomic E-state index is 12.8. The number of hydrogen-bond acceptors (Lipinski definition) is 4. The molecule has 3 aromatic rings. The van der Waals surface area contributed by atoms with Crippen LogP contribution in [-0.4, -0.2) is 41.9 Å². The van der Waals surface area contributed by atoms with Gasteiger partial charge in [0, 0.05) is 43.0 Å². The van der Waals surface area contributed by atoms with Gasteiger partial charge in [-0.1, -0.05) is 37.3 Å². The molecule has 3 nitrogen and oxygen atoms in total. The van der Waals surface area contributed by atoms with Gasteiger partial charge in [0.05, 0.1) is 8.89 Å². The topological polar surface area (TPSA) is 23.6 Å². The first-order valence-electron chi connectivity index (χ1n) is 8.80. The summed E-state index contributed by atoms with van der Waals surface area (Å²) < 4.78 is 1.28. The number of piperazine rings is 1. The number of carbonyl (C=O) groups is 1. The summed E-state index contributed by atoms with van der Waals surface area (Å²) in [5.41, 5.74) is 1.34. The lowest BCUT2D eigenvalue weighted by atomic mass is 10.2. The summed E-state index contributed by atoms with van der Waals surface area (Å²) in [6.07, 6.45) is 1.07. The molecule has 1 fully saturated rings. The molecular weight excluding hydrogens is 384 g/mol. The van der Waals surface area contributed by atoms with E-state index in [4.69, 9.17) is 0 Å². The van der Waals surface area contributed by atoms with Gasteiger partial charge in [0.15, 0.2) is 0 Å². The van der Waals surface area contributed by atoms with Crippen molar-refractivity contribution >= 4 is 50.4 Å². The van der Waals surface area contributed by atoms with E-state index in [1.165, 1.54) is 19.8 Å². The molecule has 138 valence electrons. The molecule has 4 rings (SSSR count). The third-order valence-corrected chi connectivity index (χ3v) is 7.26. The van der Waals surface area contributed by atoms with Gasteiger partial charge in [0.1, 0.15) is 0 Å². The van der Waals surface area contributed by atoms with Crippen molar-refractivity contribution in [3.8, 4) is 0 Å². The minimum atomic E-state index is 0. The molecule has 1 amide bonds. The molecule has 0 spiro atoms. The molecule has 0 N–H and O–H groups in total. The molecule has 0 atom stereocenters. The number of nitrogens with zero attached hydrogens (tertiary/aromatic N) is 2. The largest absolute Gasteiger partial charge is 0.335 e. The molecule has 6 heteroatoms. The van der Waals surface area contributed by atoms with Crippen LogP contribution in [0, 0.1) is 0 Å². The van der Waals surface area contributed by atoms with E-state index >= 15 is 0 Å². The van der Waals surface area contributed by atoms with Crippen LogP contribution >= 0.6 is 35.1 Å². The van der Waals surface area contributed by atoms with Crippen molar-refractivity contribution in [2.75, 3.05) is 26.2 Å². The van der Waals surface area contributed by atoms with Gasteiger partial charge in [-0.2, -0.15) is 0 Å². The lowest BCUT2D eigenvalue weighted by Gasteiger charge is -2.34. The lowest BCUT2D eigenvalue weighted by Crippen LogP contribution is -2.48. The van der Waals surface area contributed by atoms with Gasteiger partial charge in [-0.3, -0.25) is 9.69 Å². The van der Waals surface area contributed by atoms with E-state index in [0.29, 0.717) is 0 Å². The Kier molecular flexibility index (Phi) is 6.35. The van der Waals surface area contributed by atoms with Crippen molar-refractivity contribution in [2.45, 2.75) is 19.9 Å². The highest BCUT2D eigenvalue weighted by Crippen LogP contribution is 2.34. The van der Waals surface area contributed by atoms with Crippen LogP contribution in [0.4, 0.5) is 0 Å². The van der Waals surface area contributed by atoms with Gasteiger partial charge in [0.2, 0.25) is 0 Å². The third-order valence-electron chi connectivity index (χ3n) is 4.73. The summed E-state index contributed by atoms with van der Waals surface area (Å²) in [6.45, 7) is 6.67. The average Bonchev–Trinajstić information content (AvgIpc) is 3.21. The van der Waals surface area contributed by atoms with Crippen molar-refractivity contribution in [1.29, 1.82) is 0 Å². The molecule has 0 radical (unpaired) electrons. The van der Waals surface area contributed by atoms with Gasteiger partial charge in [0.25, 0.3) is 5.91 Å². The van der Waals surface area contributed by atoms with E-state index in [9.17, 15) is 4.79 Å². The highest BCUT2D eigenvalue weighted by Gasteiger charge is 2.23. The van der Waals surface area contributed by atoms with Crippen LogP contribution in [0.5, 0.6) is 0 Å². The molecule has 3 heterocycles. The van der Waals surface area contributed by atoms with Crippen LogP contribution in [0.1, 0.15) is 27.0 Å². The molecule has 0 bridgehead atoms. The second-order valence-electron chi connectivity index (χ2n) is 6.47. The van der Waals surface area contributed by atoms with Crippen molar-refractivity contribution in [3.63, 3.8) is 0 Å². The molecular formula is C20H23ClN2OS2. The average molecular weight is 407 g/mol. The highest BCUT2D eigenvalue weighted by molar-refractivity contribution is 7.39. The molecule has 26 heavy (non-hydrogen) atoms. The molecule has 2 aromatic heterocycles. The van der Waals surface area contributed by atoms with Crippen LogP contribution in [0.25, 0.3) is 9.40 Å². The predicted molar refractivity (Wildman–Crippen MR) is 114 cm³/mol. The quantitative estimate of drug-likeness (QED) is 0.614. The van der Waals surface area contributed by atoms with E-state index < -0.39 is 0 Å². The minimum absolute atomic E-state index is 0. The van der Waals surface area contributed by atoms with Crippen molar-refractivity contribution < 1.29 is 4.79 Å². The van der Waals surface area contributed by atoms with Gasteiger partial charge < -0.3 is 4.90 Å². The van der Waals surface area contributed by atoms with E-state index in [1.54, 1.807) is 11.3 Å². The number of aryl methyl sites for hydroxylation is 1. The second-order valence-corrected chi connectivity index (χ2v) is 8.92. The van der Waals surface area contributed by atoms with E-state index in [1.807, 2.05) is 16.2 Å². The Hall–Kier alpha value is -1.40. The first-order chi connectivity index (χ1) is 12.2. The predicted octanol–water partition coefficient (Wildman–Crippen LogP) is 4.91. The van der Waals surface area contributed by atoms with Crippen molar-refractivity contribution in [3.05, 3.63) is 57.8 Å². The fraction of sp³-hybridized carbons (Fsp3) is 0.350. The van der Waals surface area contributed by atoms with Crippen LogP contribution in [0.3, 0.4) is 0 Å². The van der Waals surface area contributed by atoms with Crippen LogP contribution < -0.4 is 0 Å². The van der Waals surface area contributed by atoms with Gasteiger partial charge in [-0.05, 0) is 24.1 Å². The summed E-state index contributed by atoms with van der Waals surface area (Å²) in [6, 6.07) is 14.9. The number of rotatable bonds is 4. The van der Waals surface area contributed by atoms with Gasteiger partial charge in [-0.15, -0.1) is 35.1 Å². The van der Waals surface area contributed by atoms with Crippen LogP contribution in [0.2, 0.25) is 0 Å². The zero-order chi connectivity index (χ0) is 17.2. The Balaban J connectivity index is 0.00000196. The van der Waals surface area contributed by atoms with E-state index in [2.05, 4.69) is 54.3 Å². The normalized spacial score (nSPS) is 15.2. The number of carbonyl (C=O) groups excluding carboxylic acids is 1. The monoisotopic (exact) mass is 406 g/mol. The summed E-state index contributed by atoms with van der Waals surface area (Å²) >= 11 is 3.48. The number of benzene rings is 1. The molecule has 1 aromatic carbocycles. The smallest absolute Gasteiger partial charge is 0.264 e. The maximum absolute atomic E-state index is 12.8. The highest BCUT2D eigenvalue weighted by atomic mass is 35.5. The number of amides is 1. The zero-order valence-corrected chi connectivity index (χ0v) is 17.3. The number of fused-ring (bicyclic) bond motifs is 1. The number of halogens is 1. The SMILES string of the molecule is CCc1cc2cc(C(=O)N3CCN(Cc4ccccc4)CC3)sc2s1.Cl. The van der Waals surface area contributed by atoms with Crippen LogP contribution in [-0.2, 0) is 13.0 Å². The first kappa shape index (κ1) is 19.4. The zero-order valence-electron chi connectivity index (χ0n) is 14.8. The Bertz CT molecular complexity index is 835. The second kappa shape index (κ2) is 8.53. The Labute approximate surface area is 168 Å². The van der Waals surface area contributed by atoms with Gasteiger partial charge >= 0.3 is 0 Å². The molecule has 0 aliphatic carbocycles. The molecule has 1 aliphatic heterocycles. The van der Waals surface area contributed by atoms with Crippen molar-refractivity contribution in [1.82, 2.24) is 9.80 Å². The fourth-order valence-electron chi connectivity index (χ4n) is 3.28. The van der Waals surface area contributed by atoms with E-state index in [0.717, 1.165) is 44.0 Å². The molecule has 0 unspecified atom stereocenters. The molecule has 1 aliphatic rings. The Morgan fingerprint density at radius 1 is 1.04 bits per heavy atom. The molecule has 1 saturated heterocycles. The molecule has 0 saturated carbocycles. The minimum Gasteiger partial charge on any atom is -0.335 e. The lowest BCUT2D eigenvalue weighted by molar-refractivity contribution is 0.0633. The summed E-state index contributed by atoms with van der Waals surface area (Å²) in [5, 5.41) is 1.23. The first-order valence-corrected chi connectivity index (χ1v) is 10.4. The maximum Gasteiger partial charge on any atom is 0.264 e. The fourth-order valence-corrected chi connectivity index (χ4v) is 5.68. The standard InChI is InChI=1S/C20H22N2OS2.ClH/c1-2-17-12-16-13-18(25-20(16)24-17)19(23)22-10-8-21(9-11-22)14-15-6-4-3-5-7-15;/h3-7,12-13H,2,8-11,14H2,1H3;1H. The number of thiophene rings is 2. The Morgan fingerprint density at radius 3 is 2.42 bits per heavy atom.